The molecule has 45 heavy (non-hydrogen) atoms. The number of aromatic nitrogens is 3. The van der Waals surface area contributed by atoms with Crippen molar-refractivity contribution >= 4 is 46.0 Å². The third kappa shape index (κ3) is 8.14. The molecule has 0 bridgehead atoms. The summed E-state index contributed by atoms with van der Waals surface area (Å²) in [6.45, 7) is 8.31. The summed E-state index contributed by atoms with van der Waals surface area (Å²) in [7, 11) is 0. The fraction of sp³-hybridized carbons (Fsp3) is 0.344. The van der Waals surface area contributed by atoms with Crippen molar-refractivity contribution in [2.75, 3.05) is 25.0 Å². The van der Waals surface area contributed by atoms with Crippen molar-refractivity contribution in [3.8, 4) is 0 Å². The number of amides is 2. The van der Waals surface area contributed by atoms with E-state index < -0.39 is 28.8 Å². The predicted molar refractivity (Wildman–Crippen MR) is 170 cm³/mol. The van der Waals surface area contributed by atoms with Crippen LogP contribution in [0.5, 0.6) is 0 Å². The van der Waals surface area contributed by atoms with Gasteiger partial charge in [-0.2, -0.15) is 0 Å². The van der Waals surface area contributed by atoms with E-state index in [1.807, 2.05) is 39.8 Å². The molecule has 1 aliphatic heterocycles. The van der Waals surface area contributed by atoms with Crippen LogP contribution in [0.25, 0.3) is 0 Å². The Labute approximate surface area is 268 Å². The smallest absolute Gasteiger partial charge is 0.410 e. The second-order valence-electron chi connectivity index (χ2n) is 11.8. The van der Waals surface area contributed by atoms with Crippen LogP contribution in [0.15, 0.2) is 70.2 Å². The number of carbonyl (C=O) groups excluding carboxylic acids is 2. The number of anilines is 2. The van der Waals surface area contributed by atoms with E-state index in [-0.39, 0.29) is 23.0 Å². The highest BCUT2D eigenvalue weighted by atomic mass is 32.2. The van der Waals surface area contributed by atoms with Crippen LogP contribution in [0.1, 0.15) is 55.2 Å². The SMILES string of the molecule is Cc1ccnc(Nc2ncc(Sc3ccnc(C(=O)NCC4(c5ccc(F)cc5)CCN(C(=O)OC(C)(C)C)CC4)c3F)s2)c1. The number of thiazole rings is 1. The lowest BCUT2D eigenvalue weighted by Crippen LogP contribution is -2.51. The van der Waals surface area contributed by atoms with Gasteiger partial charge in [-0.25, -0.2) is 28.5 Å². The normalized spacial score (nSPS) is 14.6. The van der Waals surface area contributed by atoms with Gasteiger partial charge in [-0.15, -0.1) is 0 Å². The zero-order valence-electron chi connectivity index (χ0n) is 25.4. The molecule has 3 aromatic heterocycles. The number of rotatable bonds is 8. The molecule has 1 fully saturated rings. The molecule has 1 aliphatic rings. The summed E-state index contributed by atoms with van der Waals surface area (Å²) in [6.07, 6.45) is 5.30. The van der Waals surface area contributed by atoms with Gasteiger partial charge in [0.1, 0.15) is 17.2 Å². The monoisotopic (exact) mass is 652 g/mol. The van der Waals surface area contributed by atoms with Crippen LogP contribution in [0.4, 0.5) is 24.5 Å². The number of ether oxygens (including phenoxy) is 1. The Morgan fingerprint density at radius 3 is 2.44 bits per heavy atom. The van der Waals surface area contributed by atoms with Gasteiger partial charge in [0.2, 0.25) is 0 Å². The molecular formula is C32H34F2N6O3S2. The van der Waals surface area contributed by atoms with Crippen molar-refractivity contribution in [3.05, 3.63) is 89.5 Å². The maximum absolute atomic E-state index is 15.6. The molecule has 0 aliphatic carbocycles. The number of hydrogen-bond donors (Lipinski definition) is 2. The first-order valence-corrected chi connectivity index (χ1v) is 16.0. The van der Waals surface area contributed by atoms with Crippen LogP contribution in [0.2, 0.25) is 0 Å². The predicted octanol–water partition coefficient (Wildman–Crippen LogP) is 7.11. The minimum atomic E-state index is -0.737. The lowest BCUT2D eigenvalue weighted by atomic mass is 9.72. The van der Waals surface area contributed by atoms with Crippen LogP contribution in [0.3, 0.4) is 0 Å². The van der Waals surface area contributed by atoms with Gasteiger partial charge in [-0.05, 0) is 82.0 Å². The van der Waals surface area contributed by atoms with Gasteiger partial charge in [0, 0.05) is 37.4 Å². The Kier molecular flexibility index (Phi) is 9.68. The van der Waals surface area contributed by atoms with Gasteiger partial charge in [0.15, 0.2) is 16.6 Å². The molecule has 0 spiro atoms. The molecule has 0 unspecified atom stereocenters. The highest BCUT2D eigenvalue weighted by Crippen LogP contribution is 2.38. The number of carbonyl (C=O) groups is 2. The number of hydrogen-bond acceptors (Lipinski definition) is 9. The van der Waals surface area contributed by atoms with E-state index in [2.05, 4.69) is 25.6 Å². The van der Waals surface area contributed by atoms with Gasteiger partial charge in [-0.1, -0.05) is 35.2 Å². The summed E-state index contributed by atoms with van der Waals surface area (Å²) in [5.74, 6) is -1.12. The van der Waals surface area contributed by atoms with Crippen LogP contribution < -0.4 is 10.6 Å². The topological polar surface area (TPSA) is 109 Å². The van der Waals surface area contributed by atoms with E-state index in [0.717, 1.165) is 22.9 Å². The fourth-order valence-corrected chi connectivity index (χ4v) is 6.87. The Hall–Kier alpha value is -4.10. The summed E-state index contributed by atoms with van der Waals surface area (Å²) < 4.78 is 35.7. The van der Waals surface area contributed by atoms with Crippen molar-refractivity contribution in [2.24, 2.45) is 0 Å². The zero-order chi connectivity index (χ0) is 32.2. The number of aryl methyl sites for hydroxylation is 1. The van der Waals surface area contributed by atoms with Crippen molar-refractivity contribution in [3.63, 3.8) is 0 Å². The molecule has 4 aromatic rings. The summed E-state index contributed by atoms with van der Waals surface area (Å²) in [5.41, 5.74) is 0.313. The molecule has 236 valence electrons. The van der Waals surface area contributed by atoms with E-state index in [0.29, 0.717) is 41.1 Å². The standard InChI is InChI=1S/C32H34F2N6O3S2/c1-20-9-13-35-24(17-20)39-29-37-18-25(45-29)44-23-10-14-36-27(26(23)34)28(41)38-19-32(21-5-7-22(33)8-6-21)11-15-40(16-12-32)30(42)43-31(2,3)4/h5-10,13-14,17-18H,11-12,15-16,19H2,1-4H3,(H,38,41)(H,35,37,39). The largest absolute Gasteiger partial charge is 0.444 e. The number of halogens is 2. The van der Waals surface area contributed by atoms with Crippen molar-refractivity contribution in [1.82, 2.24) is 25.2 Å². The van der Waals surface area contributed by atoms with Gasteiger partial charge >= 0.3 is 6.09 Å². The zero-order valence-corrected chi connectivity index (χ0v) is 27.0. The second kappa shape index (κ2) is 13.5. The second-order valence-corrected chi connectivity index (χ2v) is 14.2. The molecule has 0 radical (unpaired) electrons. The molecule has 2 N–H and O–H groups in total. The number of pyridine rings is 2. The van der Waals surface area contributed by atoms with E-state index in [4.69, 9.17) is 4.74 Å². The lowest BCUT2D eigenvalue weighted by Gasteiger charge is -2.42. The minimum Gasteiger partial charge on any atom is -0.444 e. The molecule has 5 rings (SSSR count). The van der Waals surface area contributed by atoms with E-state index >= 15 is 4.39 Å². The number of nitrogens with zero attached hydrogens (tertiary/aromatic N) is 4. The maximum atomic E-state index is 15.6. The molecule has 1 saturated heterocycles. The van der Waals surface area contributed by atoms with Crippen LogP contribution in [-0.4, -0.2) is 57.1 Å². The quantitative estimate of drug-likeness (QED) is 0.207. The van der Waals surface area contributed by atoms with Crippen molar-refractivity contribution < 1.29 is 23.1 Å². The minimum absolute atomic E-state index is 0.148. The van der Waals surface area contributed by atoms with Crippen molar-refractivity contribution in [2.45, 2.75) is 60.7 Å². The summed E-state index contributed by atoms with van der Waals surface area (Å²) in [6, 6.07) is 11.4. The van der Waals surface area contributed by atoms with Gasteiger partial charge in [0.05, 0.1) is 15.3 Å². The average molecular weight is 653 g/mol. The van der Waals surface area contributed by atoms with Crippen molar-refractivity contribution in [1.29, 1.82) is 0 Å². The Balaban J connectivity index is 1.27. The summed E-state index contributed by atoms with van der Waals surface area (Å²) in [4.78, 5) is 40.5. The van der Waals surface area contributed by atoms with Crippen LogP contribution >= 0.6 is 23.1 Å². The molecule has 2 amide bonds. The van der Waals surface area contributed by atoms with E-state index in [9.17, 15) is 14.0 Å². The molecule has 1 aromatic carbocycles. The first-order valence-electron chi connectivity index (χ1n) is 14.4. The van der Waals surface area contributed by atoms with Gasteiger partial charge in [0.25, 0.3) is 5.91 Å². The highest BCUT2D eigenvalue weighted by molar-refractivity contribution is 8.01. The number of likely N-dealkylation sites (tertiary alicyclic amines) is 1. The van der Waals surface area contributed by atoms with E-state index in [1.54, 1.807) is 29.4 Å². The molecule has 4 heterocycles. The number of piperidine rings is 1. The van der Waals surface area contributed by atoms with Gasteiger partial charge < -0.3 is 20.3 Å². The Morgan fingerprint density at radius 2 is 1.76 bits per heavy atom. The Bertz CT molecular complexity index is 1670. The first-order chi connectivity index (χ1) is 21.4. The lowest BCUT2D eigenvalue weighted by molar-refractivity contribution is 0.0162. The molecular weight excluding hydrogens is 619 g/mol. The maximum Gasteiger partial charge on any atom is 0.410 e. The van der Waals surface area contributed by atoms with Crippen LogP contribution in [-0.2, 0) is 10.2 Å². The Morgan fingerprint density at radius 1 is 1.04 bits per heavy atom. The molecule has 13 heteroatoms. The summed E-state index contributed by atoms with van der Waals surface area (Å²) >= 11 is 2.48. The third-order valence-electron chi connectivity index (χ3n) is 7.33. The fourth-order valence-electron chi connectivity index (χ4n) is 5.00. The summed E-state index contributed by atoms with van der Waals surface area (Å²) in [5, 5.41) is 6.62. The van der Waals surface area contributed by atoms with Gasteiger partial charge in [-0.3, -0.25) is 4.79 Å². The number of benzene rings is 1. The number of nitrogens with one attached hydrogen (secondary N) is 2. The first kappa shape index (κ1) is 32.3. The molecule has 0 saturated carbocycles. The molecule has 9 nitrogen and oxygen atoms in total. The van der Waals surface area contributed by atoms with E-state index in [1.165, 1.54) is 35.7 Å². The van der Waals surface area contributed by atoms with Crippen LogP contribution in [0, 0.1) is 18.6 Å². The highest BCUT2D eigenvalue weighted by Gasteiger charge is 2.39. The average Bonchev–Trinajstić information content (AvgIpc) is 3.43. The molecule has 0 atom stereocenters. The third-order valence-corrected chi connectivity index (χ3v) is 9.38.